The highest BCUT2D eigenvalue weighted by Gasteiger charge is 2.35. The van der Waals surface area contributed by atoms with Crippen molar-refractivity contribution in [1.29, 1.82) is 0 Å². The predicted octanol–water partition coefficient (Wildman–Crippen LogP) is -0.461. The van der Waals surface area contributed by atoms with Gasteiger partial charge >= 0.3 is 35.8 Å². The van der Waals surface area contributed by atoms with Crippen LogP contribution < -0.4 is 52.5 Å². The highest BCUT2D eigenvalue weighted by Crippen LogP contribution is 2.26. The van der Waals surface area contributed by atoms with E-state index in [1.165, 1.54) is 97.1 Å². The number of benzene rings is 4. The van der Waals surface area contributed by atoms with Gasteiger partial charge in [0.2, 0.25) is 20.0 Å². The minimum absolute atomic E-state index is 0.000531. The summed E-state index contributed by atoms with van der Waals surface area (Å²) in [5, 5.41) is 39.5. The van der Waals surface area contributed by atoms with Crippen molar-refractivity contribution in [3.63, 3.8) is 0 Å². The van der Waals surface area contributed by atoms with Gasteiger partial charge in [0.25, 0.3) is 0 Å². The molecule has 74 heavy (non-hydrogen) atoms. The van der Waals surface area contributed by atoms with Crippen molar-refractivity contribution in [1.82, 2.24) is 20.1 Å². The van der Waals surface area contributed by atoms with Gasteiger partial charge < -0.3 is 62.3 Å². The Kier molecular flexibility index (Phi) is 21.8. The highest BCUT2D eigenvalue weighted by molar-refractivity contribution is 7.90. The number of aliphatic carboxylic acids is 4. The third-order valence-electron chi connectivity index (χ3n) is 9.62. The number of carboxylic acids is 4. The number of carbonyl (C=O) groups is 6. The van der Waals surface area contributed by atoms with Gasteiger partial charge in [0.15, 0.2) is 22.7 Å². The number of nitrogens with zero attached hydrogens (tertiary/aromatic N) is 2. The van der Waals surface area contributed by atoms with E-state index in [1.54, 1.807) is 0 Å². The highest BCUT2D eigenvalue weighted by atomic mass is 32.2. The zero-order valence-corrected chi connectivity index (χ0v) is 40.4. The third-order valence-corrected chi connectivity index (χ3v) is 13.0. The second kappa shape index (κ2) is 27.6. The van der Waals surface area contributed by atoms with E-state index in [0.717, 1.165) is 0 Å². The van der Waals surface area contributed by atoms with Gasteiger partial charge in [-0.2, -0.15) is 9.44 Å². The van der Waals surface area contributed by atoms with E-state index in [9.17, 15) is 66.0 Å². The van der Waals surface area contributed by atoms with Gasteiger partial charge in [-0.15, -0.1) is 0 Å². The van der Waals surface area contributed by atoms with Gasteiger partial charge in [0, 0.05) is 13.1 Å². The van der Waals surface area contributed by atoms with Gasteiger partial charge in [-0.3, -0.25) is 29.8 Å². The molecule has 0 aliphatic carbocycles. The van der Waals surface area contributed by atoms with Gasteiger partial charge in [-0.25, -0.2) is 36.4 Å². The molecule has 4 atom stereocenters. The number of rotatable bonds is 31. The number of esters is 2. The Morgan fingerprint density at radius 1 is 0.486 bits per heavy atom. The number of nitrogens with one attached hydrogen (secondary N) is 4. The molecule has 0 heterocycles. The fraction of sp³-hybridized carbons (Fsp3) is 0.273. The Hall–Kier alpha value is -8.10. The van der Waals surface area contributed by atoms with Crippen molar-refractivity contribution < 1.29 is 85.0 Å². The number of carboxylic acid groups (broad SMARTS) is 4. The standard InChI is InChI=1S/C44H52N10O18S2/c45-43(46)51-29-9-1-27(2-10-29)41(63)71-31-13-5-25(6-14-31)37(73(65,66)53-33(39(59)60)23-35(55)56)49-17-19-69-21-22-70-20-18-50-38(74(67,68)54-34(40(61)62)24-36(57)58)26-7-15-32(16-8-26)72-42(64)28-3-11-30(12-4-28)52-44(47)48/h1-16,33-34,37-38,49-50,53-54H,17-24H2,(H,55,56)(H,57,58)(H,59,60)(H,61,62)(H4,45,46,51)(H4,47,48,52). The van der Waals surface area contributed by atoms with Crippen LogP contribution in [0, 0.1) is 0 Å². The monoisotopic (exact) mass is 1070 g/mol. The Balaban J connectivity index is 1.36. The summed E-state index contributed by atoms with van der Waals surface area (Å²) in [5.74, 6) is -8.62. The molecule has 0 saturated heterocycles. The molecule has 4 aromatic rings. The molecule has 398 valence electrons. The maximum Gasteiger partial charge on any atom is 0.343 e. The van der Waals surface area contributed by atoms with Crippen molar-refractivity contribution in [3.8, 4) is 11.5 Å². The fourth-order valence-electron chi connectivity index (χ4n) is 6.30. The maximum atomic E-state index is 13.6. The largest absolute Gasteiger partial charge is 0.481 e. The van der Waals surface area contributed by atoms with Crippen LogP contribution in [0.5, 0.6) is 11.5 Å². The summed E-state index contributed by atoms with van der Waals surface area (Å²) in [6, 6.07) is 17.6. The third kappa shape index (κ3) is 19.1. The molecule has 0 bridgehead atoms. The lowest BCUT2D eigenvalue weighted by atomic mass is 10.2. The average molecular weight is 1070 g/mol. The first-order valence-corrected chi connectivity index (χ1v) is 24.6. The number of nitrogens with two attached hydrogens (primary N) is 4. The number of aliphatic imine (C=N–C) groups is 2. The van der Waals surface area contributed by atoms with Crippen LogP contribution in [0.25, 0.3) is 0 Å². The SMILES string of the molecule is NC(N)=Nc1ccc(C(=O)Oc2ccc(C(NCCOCCOCCNC(c3ccc(OC(=O)c4ccc(N=C(N)N)cc4)cc3)S(=O)(=O)NC(CC(=O)O)C(=O)O)S(=O)(=O)NC(CC(=O)O)C(=O)O)cc2)cc1. The van der Waals surface area contributed by atoms with Crippen LogP contribution >= 0.6 is 0 Å². The summed E-state index contributed by atoms with van der Waals surface area (Å²) in [6.07, 6.45) is -2.17. The number of sulfonamides is 2. The van der Waals surface area contributed by atoms with E-state index in [4.69, 9.17) is 41.9 Å². The topological polar surface area (TPSA) is 465 Å². The molecule has 0 fully saturated rings. The molecule has 30 heteroatoms. The summed E-state index contributed by atoms with van der Waals surface area (Å²) in [6.45, 7) is -0.872. The van der Waals surface area contributed by atoms with Crippen molar-refractivity contribution >= 4 is 79.2 Å². The molecular formula is C44H52N10O18S2. The molecular weight excluding hydrogens is 1020 g/mol. The lowest BCUT2D eigenvalue weighted by molar-refractivity contribution is -0.145. The molecule has 4 rings (SSSR count). The summed E-state index contributed by atoms with van der Waals surface area (Å²) < 4.78 is 79.9. The van der Waals surface area contributed by atoms with Crippen LogP contribution in [0.1, 0.15) is 55.4 Å². The van der Waals surface area contributed by atoms with E-state index in [-0.39, 0.29) is 85.2 Å². The number of carbonyl (C=O) groups excluding carboxylic acids is 2. The first kappa shape index (κ1) is 58.5. The minimum Gasteiger partial charge on any atom is -0.481 e. The van der Waals surface area contributed by atoms with Gasteiger partial charge in [0.05, 0.1) is 61.8 Å². The zero-order chi connectivity index (χ0) is 54.6. The normalized spacial score (nSPS) is 13.0. The predicted molar refractivity (Wildman–Crippen MR) is 261 cm³/mol. The van der Waals surface area contributed by atoms with Gasteiger partial charge in [-0.05, 0) is 83.9 Å². The first-order chi connectivity index (χ1) is 34.9. The van der Waals surface area contributed by atoms with Crippen molar-refractivity contribution in [2.24, 2.45) is 32.9 Å². The van der Waals surface area contributed by atoms with Crippen LogP contribution in [0.3, 0.4) is 0 Å². The lowest BCUT2D eigenvalue weighted by Crippen LogP contribution is -2.47. The summed E-state index contributed by atoms with van der Waals surface area (Å²) in [5.41, 5.74) is 22.5. The Morgan fingerprint density at radius 3 is 1.09 bits per heavy atom. The van der Waals surface area contributed by atoms with Gasteiger partial charge in [-0.1, -0.05) is 24.3 Å². The van der Waals surface area contributed by atoms with E-state index in [0.29, 0.717) is 11.4 Å². The zero-order valence-electron chi connectivity index (χ0n) is 38.7. The molecule has 0 spiro atoms. The molecule has 4 aromatic carbocycles. The molecule has 28 nitrogen and oxygen atoms in total. The van der Waals surface area contributed by atoms with Crippen LogP contribution in [0.15, 0.2) is 107 Å². The van der Waals surface area contributed by atoms with Crippen molar-refractivity contribution in [2.45, 2.75) is 35.7 Å². The molecule has 0 amide bonds. The Labute approximate surface area is 421 Å². The van der Waals surface area contributed by atoms with Crippen LogP contribution in [0.4, 0.5) is 11.4 Å². The number of guanidine groups is 2. The summed E-state index contributed by atoms with van der Waals surface area (Å²) in [4.78, 5) is 79.4. The summed E-state index contributed by atoms with van der Waals surface area (Å²) in [7, 11) is -9.40. The van der Waals surface area contributed by atoms with E-state index >= 15 is 0 Å². The summed E-state index contributed by atoms with van der Waals surface area (Å²) >= 11 is 0. The first-order valence-electron chi connectivity index (χ1n) is 21.5. The smallest absolute Gasteiger partial charge is 0.343 e. The van der Waals surface area contributed by atoms with Crippen LogP contribution in [-0.2, 0) is 48.7 Å². The maximum absolute atomic E-state index is 13.6. The van der Waals surface area contributed by atoms with Crippen LogP contribution in [0.2, 0.25) is 0 Å². The van der Waals surface area contributed by atoms with Crippen LogP contribution in [-0.4, -0.2) is 137 Å². The van der Waals surface area contributed by atoms with E-state index < -0.39 is 91.5 Å². The number of hydrogen-bond acceptors (Lipinski definition) is 18. The van der Waals surface area contributed by atoms with Crippen molar-refractivity contribution in [3.05, 3.63) is 119 Å². The number of ether oxygens (including phenoxy) is 4. The molecule has 4 unspecified atom stereocenters. The second-order valence-corrected chi connectivity index (χ2v) is 18.9. The number of hydrogen-bond donors (Lipinski definition) is 12. The molecule has 0 radical (unpaired) electrons. The quantitative estimate of drug-likeness (QED) is 0.00997. The minimum atomic E-state index is -4.70. The fourth-order valence-corrected chi connectivity index (χ4v) is 9.43. The lowest BCUT2D eigenvalue weighted by Gasteiger charge is -2.23. The Bertz CT molecular complexity index is 2690. The molecule has 0 saturated carbocycles. The average Bonchev–Trinajstić information content (AvgIpc) is 3.31. The molecule has 0 aliphatic rings. The Morgan fingerprint density at radius 2 is 0.811 bits per heavy atom. The molecule has 16 N–H and O–H groups in total. The van der Waals surface area contributed by atoms with Crippen molar-refractivity contribution in [2.75, 3.05) is 39.5 Å². The van der Waals surface area contributed by atoms with E-state index in [2.05, 4.69) is 20.6 Å². The van der Waals surface area contributed by atoms with E-state index in [1.807, 2.05) is 9.44 Å². The molecule has 0 aromatic heterocycles. The molecule has 0 aliphatic heterocycles. The van der Waals surface area contributed by atoms with Gasteiger partial charge in [0.1, 0.15) is 23.6 Å². The second-order valence-electron chi connectivity index (χ2n) is 15.3.